The number of benzene rings is 3. The van der Waals surface area contributed by atoms with Crippen LogP contribution < -0.4 is 10.2 Å². The Morgan fingerprint density at radius 1 is 1.00 bits per heavy atom. The topological polar surface area (TPSA) is 82.5 Å². The number of carboxylic acids is 1. The quantitative estimate of drug-likeness (QED) is 0.267. The Morgan fingerprint density at radius 3 is 2.27 bits per heavy atom. The number of anilines is 2. The van der Waals surface area contributed by atoms with Crippen molar-refractivity contribution >= 4 is 34.0 Å². The highest BCUT2D eigenvalue weighted by molar-refractivity contribution is 7.16. The summed E-state index contributed by atoms with van der Waals surface area (Å²) in [6.45, 7) is 5.80. The molecule has 0 fully saturated rings. The second kappa shape index (κ2) is 11.3. The fourth-order valence-corrected chi connectivity index (χ4v) is 4.91. The first-order valence-electron chi connectivity index (χ1n) is 11.9. The zero-order valence-corrected chi connectivity index (χ0v) is 21.6. The number of aryl methyl sites for hydroxylation is 1. The van der Waals surface area contributed by atoms with Gasteiger partial charge in [0.2, 0.25) is 0 Å². The van der Waals surface area contributed by atoms with Crippen LogP contribution in [0, 0.1) is 18.7 Å². The Morgan fingerprint density at radius 2 is 1.65 bits per heavy atom. The predicted octanol–water partition coefficient (Wildman–Crippen LogP) is 6.43. The third kappa shape index (κ3) is 6.03. The normalized spacial score (nSPS) is 11.8. The molecule has 0 aliphatic rings. The van der Waals surface area contributed by atoms with E-state index < -0.39 is 17.9 Å². The van der Waals surface area contributed by atoms with E-state index in [2.05, 4.69) is 5.32 Å². The first kappa shape index (κ1) is 26.0. The van der Waals surface area contributed by atoms with Gasteiger partial charge in [-0.3, -0.25) is 4.79 Å². The van der Waals surface area contributed by atoms with Gasteiger partial charge in [-0.25, -0.2) is 14.2 Å². The van der Waals surface area contributed by atoms with Crippen molar-refractivity contribution in [3.63, 3.8) is 0 Å². The molecule has 2 N–H and O–H groups in total. The zero-order chi connectivity index (χ0) is 26.5. The number of amides is 1. The van der Waals surface area contributed by atoms with E-state index in [9.17, 15) is 19.1 Å². The maximum atomic E-state index is 14.9. The van der Waals surface area contributed by atoms with Crippen molar-refractivity contribution in [2.45, 2.75) is 33.4 Å². The van der Waals surface area contributed by atoms with Crippen LogP contribution in [0.25, 0.3) is 11.3 Å². The number of hydrogen-bond acceptors (Lipinski definition) is 5. The van der Waals surface area contributed by atoms with Gasteiger partial charge in [0.15, 0.2) is 5.13 Å². The summed E-state index contributed by atoms with van der Waals surface area (Å²) < 4.78 is 14.9. The van der Waals surface area contributed by atoms with Crippen LogP contribution in [0.15, 0.2) is 78.9 Å². The van der Waals surface area contributed by atoms with E-state index in [-0.39, 0.29) is 11.7 Å². The standard InChI is InChI=1S/C29H28FN3O3S/c1-18(2)25(28(35)36)31-27(34)22-15-13-20(14-16-22)17-33(24-12-8-7-11-23(24)30)29-32-26(19(3)37-29)21-9-5-4-6-10-21/h4-16,18,25H,17H2,1-3H3,(H,31,34)(H,35,36). The second-order valence-electron chi connectivity index (χ2n) is 9.04. The molecule has 0 bridgehead atoms. The van der Waals surface area contributed by atoms with Crippen LogP contribution in [0.1, 0.15) is 34.6 Å². The van der Waals surface area contributed by atoms with E-state index in [4.69, 9.17) is 4.98 Å². The molecule has 1 amide bonds. The maximum Gasteiger partial charge on any atom is 0.326 e. The van der Waals surface area contributed by atoms with E-state index in [0.717, 1.165) is 21.7 Å². The molecule has 1 atom stereocenters. The molecule has 1 aromatic heterocycles. The molecule has 8 heteroatoms. The number of carbonyl (C=O) groups is 2. The van der Waals surface area contributed by atoms with Crippen LogP contribution in [0.3, 0.4) is 0 Å². The summed E-state index contributed by atoms with van der Waals surface area (Å²) in [5.74, 6) is -2.14. The lowest BCUT2D eigenvalue weighted by molar-refractivity contribution is -0.140. The van der Waals surface area contributed by atoms with Crippen molar-refractivity contribution in [1.82, 2.24) is 10.3 Å². The van der Waals surface area contributed by atoms with E-state index in [1.165, 1.54) is 17.4 Å². The largest absolute Gasteiger partial charge is 0.480 e. The average Bonchev–Trinajstić information content (AvgIpc) is 3.28. The molecule has 1 unspecified atom stereocenters. The van der Waals surface area contributed by atoms with Crippen LogP contribution in [0.2, 0.25) is 0 Å². The summed E-state index contributed by atoms with van der Waals surface area (Å²) in [5.41, 5.74) is 3.44. The van der Waals surface area contributed by atoms with Gasteiger partial charge in [0, 0.05) is 16.0 Å². The fraction of sp³-hybridized carbons (Fsp3) is 0.207. The minimum atomic E-state index is -1.07. The Balaban J connectivity index is 1.62. The highest BCUT2D eigenvalue weighted by atomic mass is 32.1. The SMILES string of the molecule is Cc1sc(N(Cc2ccc(C(=O)NC(C(=O)O)C(C)C)cc2)c2ccccc2F)nc1-c1ccccc1. The number of rotatable bonds is 9. The van der Waals surface area contributed by atoms with Crippen LogP contribution in [-0.2, 0) is 11.3 Å². The van der Waals surface area contributed by atoms with Crippen molar-refractivity contribution in [2.24, 2.45) is 5.92 Å². The molecule has 3 aromatic carbocycles. The van der Waals surface area contributed by atoms with Crippen molar-refractivity contribution in [2.75, 3.05) is 4.90 Å². The Bertz CT molecular complexity index is 1390. The smallest absolute Gasteiger partial charge is 0.326 e. The minimum absolute atomic E-state index is 0.252. The van der Waals surface area contributed by atoms with Gasteiger partial charge in [-0.2, -0.15) is 0 Å². The second-order valence-corrected chi connectivity index (χ2v) is 10.2. The summed E-state index contributed by atoms with van der Waals surface area (Å²) in [6, 6.07) is 22.3. The number of carboxylic acid groups (broad SMARTS) is 1. The van der Waals surface area contributed by atoms with Crippen molar-refractivity contribution in [3.05, 3.63) is 101 Å². The molecule has 6 nitrogen and oxygen atoms in total. The Kier molecular flexibility index (Phi) is 7.98. The molecule has 0 radical (unpaired) electrons. The van der Waals surface area contributed by atoms with Crippen LogP contribution in [0.4, 0.5) is 15.2 Å². The van der Waals surface area contributed by atoms with Gasteiger partial charge in [-0.15, -0.1) is 11.3 Å². The fourth-order valence-electron chi connectivity index (χ4n) is 3.97. The molecule has 37 heavy (non-hydrogen) atoms. The molecular weight excluding hydrogens is 489 g/mol. The molecule has 0 saturated heterocycles. The highest BCUT2D eigenvalue weighted by Gasteiger charge is 2.24. The molecule has 1 heterocycles. The van der Waals surface area contributed by atoms with Crippen molar-refractivity contribution in [1.29, 1.82) is 0 Å². The number of nitrogens with zero attached hydrogens (tertiary/aromatic N) is 2. The number of thiazole rings is 1. The monoisotopic (exact) mass is 517 g/mol. The summed E-state index contributed by atoms with van der Waals surface area (Å²) in [6.07, 6.45) is 0. The van der Waals surface area contributed by atoms with Gasteiger partial charge < -0.3 is 15.3 Å². The number of hydrogen-bond donors (Lipinski definition) is 2. The number of aliphatic carboxylic acids is 1. The van der Waals surface area contributed by atoms with Gasteiger partial charge in [0.25, 0.3) is 5.91 Å². The van der Waals surface area contributed by atoms with Gasteiger partial charge in [0.1, 0.15) is 11.9 Å². The number of nitrogens with one attached hydrogen (secondary N) is 1. The third-order valence-corrected chi connectivity index (χ3v) is 6.98. The summed E-state index contributed by atoms with van der Waals surface area (Å²) >= 11 is 1.49. The molecular formula is C29H28FN3O3S. The summed E-state index contributed by atoms with van der Waals surface area (Å²) in [4.78, 5) is 31.8. The lowest BCUT2D eigenvalue weighted by atomic mass is 10.0. The first-order chi connectivity index (χ1) is 17.7. The van der Waals surface area contributed by atoms with E-state index in [0.29, 0.717) is 22.9 Å². The molecule has 190 valence electrons. The molecule has 0 aliphatic heterocycles. The first-order valence-corrected chi connectivity index (χ1v) is 12.7. The number of aromatic nitrogens is 1. The number of carbonyl (C=O) groups excluding carboxylic acids is 1. The Labute approximate surface area is 219 Å². The summed E-state index contributed by atoms with van der Waals surface area (Å²) in [5, 5.41) is 12.6. The highest BCUT2D eigenvalue weighted by Crippen LogP contribution is 2.37. The van der Waals surface area contributed by atoms with Crippen LogP contribution in [0.5, 0.6) is 0 Å². The van der Waals surface area contributed by atoms with Crippen LogP contribution in [-0.4, -0.2) is 28.0 Å². The van der Waals surface area contributed by atoms with Crippen molar-refractivity contribution < 1.29 is 19.1 Å². The van der Waals surface area contributed by atoms with E-state index >= 15 is 0 Å². The summed E-state index contributed by atoms with van der Waals surface area (Å²) in [7, 11) is 0. The Hall–Kier alpha value is -4.04. The van der Waals surface area contributed by atoms with E-state index in [1.807, 2.05) is 42.2 Å². The lowest BCUT2D eigenvalue weighted by Crippen LogP contribution is -2.44. The molecule has 4 rings (SSSR count). The van der Waals surface area contributed by atoms with Gasteiger partial charge in [-0.1, -0.05) is 68.4 Å². The molecule has 0 saturated carbocycles. The number of halogens is 1. The maximum absolute atomic E-state index is 14.9. The minimum Gasteiger partial charge on any atom is -0.480 e. The van der Waals surface area contributed by atoms with Crippen LogP contribution >= 0.6 is 11.3 Å². The molecule has 0 spiro atoms. The van der Waals surface area contributed by atoms with Gasteiger partial charge in [0.05, 0.1) is 17.9 Å². The molecule has 0 aliphatic carbocycles. The van der Waals surface area contributed by atoms with Gasteiger partial charge >= 0.3 is 5.97 Å². The number of para-hydroxylation sites is 1. The van der Waals surface area contributed by atoms with Crippen molar-refractivity contribution in [3.8, 4) is 11.3 Å². The lowest BCUT2D eigenvalue weighted by Gasteiger charge is -2.23. The third-order valence-electron chi connectivity index (χ3n) is 5.98. The zero-order valence-electron chi connectivity index (χ0n) is 20.8. The average molecular weight is 518 g/mol. The van der Waals surface area contributed by atoms with Gasteiger partial charge in [-0.05, 0) is 42.7 Å². The predicted molar refractivity (Wildman–Crippen MR) is 145 cm³/mol. The molecule has 4 aromatic rings. The van der Waals surface area contributed by atoms with E-state index in [1.54, 1.807) is 56.3 Å².